The van der Waals surface area contributed by atoms with Crippen LogP contribution in [-0.2, 0) is 6.42 Å². The highest BCUT2D eigenvalue weighted by Crippen LogP contribution is 2.30. The van der Waals surface area contributed by atoms with Crippen LogP contribution in [0.5, 0.6) is 0 Å². The van der Waals surface area contributed by atoms with Gasteiger partial charge in [-0.05, 0) is 41.8 Å². The maximum Gasteiger partial charge on any atom is 0.181 e. The molecule has 0 saturated carbocycles. The molecule has 0 aliphatic carbocycles. The van der Waals surface area contributed by atoms with Crippen molar-refractivity contribution in [3.05, 3.63) is 120 Å². The first-order valence-corrected chi connectivity index (χ1v) is 11.8. The molecule has 4 heterocycles. The third-order valence-corrected chi connectivity index (χ3v) is 6.02. The van der Waals surface area contributed by atoms with E-state index in [1.807, 2.05) is 42.8 Å². The van der Waals surface area contributed by atoms with Crippen LogP contribution in [0.4, 0.5) is 0 Å². The monoisotopic (exact) mass is 472 g/mol. The molecule has 6 heteroatoms. The van der Waals surface area contributed by atoms with Gasteiger partial charge in [0.15, 0.2) is 5.65 Å². The minimum absolute atomic E-state index is 0.591. The van der Waals surface area contributed by atoms with E-state index in [1.54, 1.807) is 6.08 Å². The van der Waals surface area contributed by atoms with Gasteiger partial charge >= 0.3 is 0 Å². The average molecular weight is 473 g/mol. The third kappa shape index (κ3) is 5.03. The van der Waals surface area contributed by atoms with Gasteiger partial charge in [0.2, 0.25) is 0 Å². The Hall–Kier alpha value is -4.71. The molecule has 5 rings (SSSR count). The van der Waals surface area contributed by atoms with Crippen LogP contribution in [0, 0.1) is 6.92 Å². The number of allylic oxidation sites excluding steroid dienone is 6. The Morgan fingerprint density at radius 2 is 2.06 bits per heavy atom. The second-order valence-corrected chi connectivity index (χ2v) is 8.70. The number of hydrogen-bond donors (Lipinski definition) is 3. The molecule has 3 aromatic heterocycles. The summed E-state index contributed by atoms with van der Waals surface area (Å²) < 4.78 is 0. The molecule has 3 N–H and O–H groups in total. The van der Waals surface area contributed by atoms with E-state index in [2.05, 4.69) is 87.0 Å². The Morgan fingerprint density at radius 3 is 2.89 bits per heavy atom. The van der Waals surface area contributed by atoms with Gasteiger partial charge in [0.1, 0.15) is 0 Å². The molecule has 1 aliphatic heterocycles. The fourth-order valence-corrected chi connectivity index (χ4v) is 4.24. The zero-order valence-electron chi connectivity index (χ0n) is 20.3. The smallest absolute Gasteiger partial charge is 0.181 e. The van der Waals surface area contributed by atoms with E-state index in [0.29, 0.717) is 12.2 Å². The standard InChI is InChI=1S/C30H28N6/c1-4-5-11-23-17-28(34-21(23)3)29-27-16-25(18-32-30(27)36-35-29)24-12-13-31-19-26(15-24)33-20(2)14-22-9-7-6-8-10-22/h4-12,15-19,33-34H,1-2,13-14H2,3H3,(H,32,35,36)/b11-5-. The van der Waals surface area contributed by atoms with E-state index in [1.165, 1.54) is 5.56 Å². The van der Waals surface area contributed by atoms with Crippen molar-refractivity contribution in [2.24, 2.45) is 4.99 Å². The molecule has 1 aromatic carbocycles. The molecule has 0 atom stereocenters. The summed E-state index contributed by atoms with van der Waals surface area (Å²) >= 11 is 0. The number of benzene rings is 1. The van der Waals surface area contributed by atoms with Crippen LogP contribution < -0.4 is 5.32 Å². The van der Waals surface area contributed by atoms with Crippen molar-refractivity contribution in [1.82, 2.24) is 25.5 Å². The van der Waals surface area contributed by atoms with Crippen molar-refractivity contribution in [2.75, 3.05) is 6.54 Å². The predicted molar refractivity (Wildman–Crippen MR) is 149 cm³/mol. The number of aryl methyl sites for hydroxylation is 1. The van der Waals surface area contributed by atoms with Gasteiger partial charge in [-0.3, -0.25) is 10.1 Å². The van der Waals surface area contributed by atoms with Crippen LogP contribution in [0.2, 0.25) is 0 Å². The molecule has 178 valence electrons. The van der Waals surface area contributed by atoms with E-state index in [-0.39, 0.29) is 0 Å². The molecular weight excluding hydrogens is 444 g/mol. The highest BCUT2D eigenvalue weighted by Gasteiger charge is 2.14. The normalized spacial score (nSPS) is 13.5. The minimum atomic E-state index is 0.591. The summed E-state index contributed by atoms with van der Waals surface area (Å²) in [6.07, 6.45) is 14.4. The third-order valence-electron chi connectivity index (χ3n) is 6.02. The van der Waals surface area contributed by atoms with E-state index in [4.69, 9.17) is 0 Å². The molecule has 0 spiro atoms. The molecule has 0 radical (unpaired) electrons. The molecule has 0 saturated heterocycles. The maximum absolute atomic E-state index is 4.62. The second-order valence-electron chi connectivity index (χ2n) is 8.70. The molecule has 0 fully saturated rings. The zero-order chi connectivity index (χ0) is 24.9. The molecular formula is C30H28N6. The fraction of sp³-hybridized carbons (Fsp3) is 0.100. The summed E-state index contributed by atoms with van der Waals surface area (Å²) in [5.41, 5.74) is 9.79. The highest BCUT2D eigenvalue weighted by atomic mass is 15.2. The lowest BCUT2D eigenvalue weighted by Crippen LogP contribution is -2.14. The Bertz CT molecular complexity index is 1540. The van der Waals surface area contributed by atoms with Crippen LogP contribution in [0.1, 0.15) is 22.4 Å². The SMILES string of the molecule is C=C/C=C\c1cc(-c2[nH]nc3ncc(C4=CCN=CC(NC(=C)Cc5ccccc5)=C4)cc23)[nH]c1C. The first-order chi connectivity index (χ1) is 17.6. The van der Waals surface area contributed by atoms with Crippen LogP contribution in [0.25, 0.3) is 34.1 Å². The quantitative estimate of drug-likeness (QED) is 0.269. The van der Waals surface area contributed by atoms with Crippen molar-refractivity contribution in [2.45, 2.75) is 13.3 Å². The highest BCUT2D eigenvalue weighted by molar-refractivity contribution is 5.94. The number of nitrogens with one attached hydrogen (secondary N) is 3. The molecule has 36 heavy (non-hydrogen) atoms. The Balaban J connectivity index is 1.42. The second kappa shape index (κ2) is 10.3. The Kier molecular flexibility index (Phi) is 6.58. The summed E-state index contributed by atoms with van der Waals surface area (Å²) in [4.78, 5) is 12.6. The van der Waals surface area contributed by atoms with Crippen molar-refractivity contribution >= 4 is 28.9 Å². The predicted octanol–water partition coefficient (Wildman–Crippen LogP) is 6.16. The lowest BCUT2D eigenvalue weighted by atomic mass is 10.0. The first kappa shape index (κ1) is 23.1. The van der Waals surface area contributed by atoms with Gasteiger partial charge in [-0.15, -0.1) is 0 Å². The average Bonchev–Trinajstić information content (AvgIpc) is 3.38. The van der Waals surface area contributed by atoms with Gasteiger partial charge in [-0.25, -0.2) is 4.98 Å². The number of aliphatic imine (C=N–C) groups is 1. The number of fused-ring (bicyclic) bond motifs is 1. The molecule has 0 unspecified atom stereocenters. The van der Waals surface area contributed by atoms with Crippen molar-refractivity contribution in [3.8, 4) is 11.4 Å². The van der Waals surface area contributed by atoms with Gasteiger partial charge < -0.3 is 10.3 Å². The lowest BCUT2D eigenvalue weighted by molar-refractivity contribution is 0.955. The molecule has 1 aliphatic rings. The summed E-state index contributed by atoms with van der Waals surface area (Å²) in [7, 11) is 0. The summed E-state index contributed by atoms with van der Waals surface area (Å²) in [6.45, 7) is 10.6. The van der Waals surface area contributed by atoms with Crippen LogP contribution >= 0.6 is 0 Å². The van der Waals surface area contributed by atoms with Gasteiger partial charge in [-0.2, -0.15) is 5.10 Å². The summed E-state index contributed by atoms with van der Waals surface area (Å²) in [5.74, 6) is 0. The van der Waals surface area contributed by atoms with Crippen molar-refractivity contribution in [1.29, 1.82) is 0 Å². The zero-order valence-corrected chi connectivity index (χ0v) is 20.3. The molecule has 0 bridgehead atoms. The van der Waals surface area contributed by atoms with Gasteiger partial charge in [0.05, 0.1) is 23.6 Å². The molecule has 4 aromatic rings. The van der Waals surface area contributed by atoms with E-state index in [0.717, 1.165) is 57.0 Å². The topological polar surface area (TPSA) is 81.8 Å². The van der Waals surface area contributed by atoms with Crippen LogP contribution in [0.3, 0.4) is 0 Å². The number of pyridine rings is 1. The number of aromatic nitrogens is 4. The fourth-order valence-electron chi connectivity index (χ4n) is 4.24. The van der Waals surface area contributed by atoms with Gasteiger partial charge in [0, 0.05) is 41.2 Å². The van der Waals surface area contributed by atoms with Gasteiger partial charge in [-0.1, -0.05) is 67.8 Å². The summed E-state index contributed by atoms with van der Waals surface area (Å²) in [6, 6.07) is 14.5. The Morgan fingerprint density at radius 1 is 1.19 bits per heavy atom. The maximum atomic E-state index is 4.62. The van der Waals surface area contributed by atoms with E-state index in [9.17, 15) is 0 Å². The minimum Gasteiger partial charge on any atom is -0.358 e. The van der Waals surface area contributed by atoms with Crippen molar-refractivity contribution < 1.29 is 0 Å². The van der Waals surface area contributed by atoms with E-state index >= 15 is 0 Å². The van der Waals surface area contributed by atoms with E-state index < -0.39 is 0 Å². The van der Waals surface area contributed by atoms with Crippen LogP contribution in [-0.4, -0.2) is 32.9 Å². The van der Waals surface area contributed by atoms with Crippen molar-refractivity contribution in [3.63, 3.8) is 0 Å². The number of hydrogen-bond acceptors (Lipinski definition) is 4. The first-order valence-electron chi connectivity index (χ1n) is 11.8. The number of H-pyrrole nitrogens is 2. The number of rotatable bonds is 8. The van der Waals surface area contributed by atoms with Crippen LogP contribution in [0.15, 0.2) is 103 Å². The summed E-state index contributed by atoms with van der Waals surface area (Å²) in [5, 5.41) is 12.0. The molecule has 6 nitrogen and oxygen atoms in total. The molecule has 0 amide bonds. The largest absolute Gasteiger partial charge is 0.358 e. The lowest BCUT2D eigenvalue weighted by Gasteiger charge is -2.11. The Labute approximate surface area is 210 Å². The number of aromatic amines is 2. The number of nitrogens with zero attached hydrogens (tertiary/aromatic N) is 3. The van der Waals surface area contributed by atoms with Gasteiger partial charge in [0.25, 0.3) is 0 Å².